The summed E-state index contributed by atoms with van der Waals surface area (Å²) in [6.45, 7) is 3.70. The Morgan fingerprint density at radius 2 is 2.17 bits per heavy atom. The van der Waals surface area contributed by atoms with Crippen LogP contribution in [0.2, 0.25) is 0 Å². The predicted octanol–water partition coefficient (Wildman–Crippen LogP) is 2.68. The Balaban J connectivity index is 1.91. The molecular weight excluding hydrogens is 235 g/mol. The van der Waals surface area contributed by atoms with Crippen LogP contribution in [0.1, 0.15) is 31.4 Å². The first-order chi connectivity index (χ1) is 8.66. The van der Waals surface area contributed by atoms with Crippen molar-refractivity contribution in [2.24, 2.45) is 5.92 Å². The second-order valence-corrected chi connectivity index (χ2v) is 4.73. The molecule has 0 saturated carbocycles. The third-order valence-corrected chi connectivity index (χ3v) is 3.25. The van der Waals surface area contributed by atoms with Gasteiger partial charge in [0.2, 0.25) is 0 Å². The largest absolute Gasteiger partial charge is 0.493 e. The van der Waals surface area contributed by atoms with Crippen molar-refractivity contribution < 1.29 is 19.0 Å². The van der Waals surface area contributed by atoms with Gasteiger partial charge in [-0.1, -0.05) is 0 Å². The van der Waals surface area contributed by atoms with E-state index in [-0.39, 0.29) is 0 Å². The molecule has 1 aromatic carbocycles. The van der Waals surface area contributed by atoms with Crippen LogP contribution in [-0.4, -0.2) is 24.9 Å². The van der Waals surface area contributed by atoms with E-state index in [0.717, 1.165) is 26.1 Å². The maximum Gasteiger partial charge on any atom is 0.132 e. The van der Waals surface area contributed by atoms with Gasteiger partial charge in [-0.2, -0.15) is 0 Å². The first-order valence-corrected chi connectivity index (χ1v) is 6.35. The number of hydrogen-bond acceptors (Lipinski definition) is 3. The zero-order valence-electron chi connectivity index (χ0n) is 10.6. The zero-order chi connectivity index (χ0) is 13.0. The molecule has 0 radical (unpaired) electrons. The fraction of sp³-hybridized carbons (Fsp3) is 0.571. The van der Waals surface area contributed by atoms with Gasteiger partial charge in [-0.05, 0) is 37.8 Å². The Kier molecular flexibility index (Phi) is 4.55. The standard InChI is InChI=1S/C14H19FO3/c1-10(16)13-3-2-12(8-14(13)15)18-9-11-4-6-17-7-5-11/h2-3,8,10-11,16H,4-7,9H2,1H3/t10-/m1/s1. The number of ether oxygens (including phenoxy) is 2. The quantitative estimate of drug-likeness (QED) is 0.897. The fourth-order valence-electron chi connectivity index (χ4n) is 2.06. The minimum atomic E-state index is -0.797. The van der Waals surface area contributed by atoms with Crippen LogP contribution in [0.15, 0.2) is 18.2 Å². The van der Waals surface area contributed by atoms with Crippen LogP contribution in [-0.2, 0) is 4.74 Å². The van der Waals surface area contributed by atoms with Crippen molar-refractivity contribution >= 4 is 0 Å². The Morgan fingerprint density at radius 1 is 1.44 bits per heavy atom. The lowest BCUT2D eigenvalue weighted by Crippen LogP contribution is -2.21. The summed E-state index contributed by atoms with van der Waals surface area (Å²) in [7, 11) is 0. The molecule has 1 saturated heterocycles. The molecule has 3 nitrogen and oxygen atoms in total. The molecule has 1 aliphatic rings. The number of hydrogen-bond donors (Lipinski definition) is 1. The minimum Gasteiger partial charge on any atom is -0.493 e. The van der Waals surface area contributed by atoms with Crippen molar-refractivity contribution in [1.82, 2.24) is 0 Å². The number of halogens is 1. The summed E-state index contributed by atoms with van der Waals surface area (Å²) >= 11 is 0. The monoisotopic (exact) mass is 254 g/mol. The SMILES string of the molecule is C[C@@H](O)c1ccc(OCC2CCOCC2)cc1F. The summed E-state index contributed by atoms with van der Waals surface area (Å²) in [5, 5.41) is 9.33. The van der Waals surface area contributed by atoms with Gasteiger partial charge in [-0.15, -0.1) is 0 Å². The second kappa shape index (κ2) is 6.16. The summed E-state index contributed by atoms with van der Waals surface area (Å²) in [5.74, 6) is 0.580. The van der Waals surface area contributed by atoms with E-state index in [1.807, 2.05) is 0 Å². The maximum atomic E-state index is 13.6. The maximum absolute atomic E-state index is 13.6. The highest BCUT2D eigenvalue weighted by Gasteiger charge is 2.15. The molecule has 0 spiro atoms. The second-order valence-electron chi connectivity index (χ2n) is 4.73. The first-order valence-electron chi connectivity index (χ1n) is 6.35. The number of aliphatic hydroxyl groups excluding tert-OH is 1. The number of aliphatic hydroxyl groups is 1. The zero-order valence-corrected chi connectivity index (χ0v) is 10.6. The van der Waals surface area contributed by atoms with Gasteiger partial charge in [0.25, 0.3) is 0 Å². The Labute approximate surface area is 107 Å². The molecule has 0 bridgehead atoms. The average molecular weight is 254 g/mol. The Bertz CT molecular complexity index is 387. The molecule has 0 amide bonds. The van der Waals surface area contributed by atoms with E-state index in [1.54, 1.807) is 19.1 Å². The van der Waals surface area contributed by atoms with Crippen LogP contribution in [0.4, 0.5) is 4.39 Å². The molecule has 1 atom stereocenters. The fourth-order valence-corrected chi connectivity index (χ4v) is 2.06. The molecule has 1 heterocycles. The lowest BCUT2D eigenvalue weighted by molar-refractivity contribution is 0.0497. The van der Waals surface area contributed by atoms with E-state index >= 15 is 0 Å². The normalized spacial score (nSPS) is 18.6. The molecule has 100 valence electrons. The summed E-state index contributed by atoms with van der Waals surface area (Å²) < 4.78 is 24.5. The van der Waals surface area contributed by atoms with Crippen LogP contribution in [0, 0.1) is 11.7 Å². The van der Waals surface area contributed by atoms with Gasteiger partial charge in [0.1, 0.15) is 11.6 Å². The molecule has 0 aromatic heterocycles. The minimum absolute atomic E-state index is 0.299. The molecule has 1 fully saturated rings. The summed E-state index contributed by atoms with van der Waals surface area (Å²) in [6, 6.07) is 4.60. The lowest BCUT2D eigenvalue weighted by Gasteiger charge is -2.22. The van der Waals surface area contributed by atoms with Crippen LogP contribution in [0.25, 0.3) is 0 Å². The van der Waals surface area contributed by atoms with E-state index in [0.29, 0.717) is 23.8 Å². The molecule has 1 N–H and O–H groups in total. The van der Waals surface area contributed by atoms with Crippen LogP contribution < -0.4 is 4.74 Å². The van der Waals surface area contributed by atoms with Crippen LogP contribution in [0.3, 0.4) is 0 Å². The number of rotatable bonds is 4. The topological polar surface area (TPSA) is 38.7 Å². The van der Waals surface area contributed by atoms with E-state index in [1.165, 1.54) is 6.07 Å². The van der Waals surface area contributed by atoms with Crippen molar-refractivity contribution in [3.8, 4) is 5.75 Å². The van der Waals surface area contributed by atoms with E-state index in [4.69, 9.17) is 9.47 Å². The molecule has 0 unspecified atom stereocenters. The third-order valence-electron chi connectivity index (χ3n) is 3.25. The van der Waals surface area contributed by atoms with E-state index < -0.39 is 11.9 Å². The van der Waals surface area contributed by atoms with Crippen molar-refractivity contribution in [1.29, 1.82) is 0 Å². The lowest BCUT2D eigenvalue weighted by atomic mass is 10.0. The van der Waals surface area contributed by atoms with Gasteiger partial charge in [0.15, 0.2) is 0 Å². The van der Waals surface area contributed by atoms with Gasteiger partial charge in [0.05, 0.1) is 12.7 Å². The highest BCUT2D eigenvalue weighted by Crippen LogP contribution is 2.23. The van der Waals surface area contributed by atoms with E-state index in [2.05, 4.69) is 0 Å². The predicted molar refractivity (Wildman–Crippen MR) is 66.1 cm³/mol. The van der Waals surface area contributed by atoms with Crippen LogP contribution >= 0.6 is 0 Å². The van der Waals surface area contributed by atoms with Gasteiger partial charge < -0.3 is 14.6 Å². The van der Waals surface area contributed by atoms with Crippen LogP contribution in [0.5, 0.6) is 5.75 Å². The Morgan fingerprint density at radius 3 is 2.78 bits per heavy atom. The first kappa shape index (κ1) is 13.3. The molecule has 1 aromatic rings. The summed E-state index contributed by atoms with van der Waals surface area (Å²) in [6.07, 6.45) is 1.19. The van der Waals surface area contributed by atoms with E-state index in [9.17, 15) is 9.50 Å². The highest BCUT2D eigenvalue weighted by atomic mass is 19.1. The summed E-state index contributed by atoms with van der Waals surface area (Å²) in [5.41, 5.74) is 0.299. The molecule has 1 aliphatic heterocycles. The van der Waals surface area contributed by atoms with Crippen molar-refractivity contribution in [3.05, 3.63) is 29.6 Å². The third kappa shape index (κ3) is 3.43. The number of benzene rings is 1. The molecule has 4 heteroatoms. The molecule has 2 rings (SSSR count). The molecule has 0 aliphatic carbocycles. The smallest absolute Gasteiger partial charge is 0.132 e. The molecular formula is C14H19FO3. The van der Waals surface area contributed by atoms with Crippen molar-refractivity contribution in [2.45, 2.75) is 25.9 Å². The van der Waals surface area contributed by atoms with Gasteiger partial charge in [-0.3, -0.25) is 0 Å². The summed E-state index contributed by atoms with van der Waals surface area (Å²) in [4.78, 5) is 0. The van der Waals surface area contributed by atoms with Crippen molar-refractivity contribution in [3.63, 3.8) is 0 Å². The average Bonchev–Trinajstić information content (AvgIpc) is 2.37. The van der Waals surface area contributed by atoms with Crippen molar-refractivity contribution in [2.75, 3.05) is 19.8 Å². The highest BCUT2D eigenvalue weighted by molar-refractivity contribution is 5.30. The van der Waals surface area contributed by atoms with Gasteiger partial charge in [0, 0.05) is 24.8 Å². The Hall–Kier alpha value is -1.13. The molecule has 18 heavy (non-hydrogen) atoms. The van der Waals surface area contributed by atoms with Gasteiger partial charge in [-0.25, -0.2) is 4.39 Å². The van der Waals surface area contributed by atoms with Gasteiger partial charge >= 0.3 is 0 Å².